The number of hydrogen-bond acceptors (Lipinski definition) is 7. The van der Waals surface area contributed by atoms with Crippen LogP contribution in [-0.2, 0) is 65.6 Å². The number of hydrogen-bond donors (Lipinski definition) is 0. The fourth-order valence-corrected chi connectivity index (χ4v) is 6.58. The second kappa shape index (κ2) is 18.9. The van der Waals surface area contributed by atoms with Crippen molar-refractivity contribution < 1.29 is 32.5 Å². The maximum Gasteiger partial charge on any atom is 0.335 e. The zero-order chi connectivity index (χ0) is 33.5. The molecule has 5 aromatic rings. The highest BCUT2D eigenvalue weighted by Gasteiger charge is 2.48. The molecule has 0 spiro atoms. The first kappa shape index (κ1) is 35.1. The molecule has 1 heterocycles. The minimum absolute atomic E-state index is 0.315. The van der Waals surface area contributed by atoms with E-state index in [4.69, 9.17) is 32.5 Å². The lowest BCUT2D eigenvalue weighted by molar-refractivity contribution is -0.302. The molecule has 7 nitrogen and oxygen atoms in total. The Morgan fingerprint density at radius 2 is 0.755 bits per heavy atom. The normalized spacial score (nSPS) is 20.7. The molecule has 8 heteroatoms. The predicted octanol–water partition coefficient (Wildman–Crippen LogP) is 9.16. The highest BCUT2D eigenvalue weighted by atomic mass is 31.2. The van der Waals surface area contributed by atoms with E-state index >= 15 is 0 Å². The second-order valence-corrected chi connectivity index (χ2v) is 13.0. The van der Waals surface area contributed by atoms with Crippen LogP contribution in [0.3, 0.4) is 0 Å². The van der Waals surface area contributed by atoms with Gasteiger partial charge in [0, 0.05) is 0 Å². The van der Waals surface area contributed by atoms with Gasteiger partial charge < -0.3 is 28.0 Å². The second-order valence-electron chi connectivity index (χ2n) is 11.8. The van der Waals surface area contributed by atoms with E-state index in [1.807, 2.05) is 159 Å². The Balaban J connectivity index is 1.26. The summed E-state index contributed by atoms with van der Waals surface area (Å²) in [6.45, 7) is 3.70. The average molecular weight is 679 g/mol. The van der Waals surface area contributed by atoms with Crippen molar-refractivity contribution in [3.05, 3.63) is 179 Å². The molecule has 0 radical (unpaired) electrons. The molecule has 1 unspecified atom stereocenters. The van der Waals surface area contributed by atoms with E-state index in [-0.39, 0.29) is 0 Å². The summed E-state index contributed by atoms with van der Waals surface area (Å²) in [5.74, 6) is 0. The van der Waals surface area contributed by atoms with Crippen LogP contribution < -0.4 is 0 Å². The van der Waals surface area contributed by atoms with Crippen molar-refractivity contribution in [1.82, 2.24) is 0 Å². The van der Waals surface area contributed by atoms with Crippen LogP contribution >= 0.6 is 8.60 Å². The molecule has 0 saturated carbocycles. The molecule has 1 aliphatic heterocycles. The molecular formula is C41H43O7P. The molecule has 5 aromatic carbocycles. The quantitative estimate of drug-likeness (QED) is 0.0909. The van der Waals surface area contributed by atoms with Gasteiger partial charge in [0.25, 0.3) is 0 Å². The third-order valence-corrected chi connectivity index (χ3v) is 9.19. The highest BCUT2D eigenvalue weighted by molar-refractivity contribution is 7.41. The Bertz CT molecular complexity index is 1570. The van der Waals surface area contributed by atoms with Crippen molar-refractivity contribution in [3.8, 4) is 0 Å². The molecule has 6 rings (SSSR count). The number of rotatable bonds is 17. The number of benzene rings is 5. The van der Waals surface area contributed by atoms with Crippen LogP contribution in [0.4, 0.5) is 0 Å². The average Bonchev–Trinajstić information content (AvgIpc) is 3.16. The maximum absolute atomic E-state index is 6.73. The van der Waals surface area contributed by atoms with Crippen LogP contribution in [0.25, 0.3) is 0 Å². The van der Waals surface area contributed by atoms with Gasteiger partial charge in [-0.1, -0.05) is 152 Å². The lowest BCUT2D eigenvalue weighted by Crippen LogP contribution is -2.59. The fraction of sp³-hybridized carbons (Fsp3) is 0.268. The smallest absolute Gasteiger partial charge is 0.335 e. The van der Waals surface area contributed by atoms with Gasteiger partial charge in [-0.2, -0.15) is 0 Å². The van der Waals surface area contributed by atoms with Crippen molar-refractivity contribution in [1.29, 1.82) is 0 Å². The third kappa shape index (κ3) is 10.9. The first-order chi connectivity index (χ1) is 24.2. The van der Waals surface area contributed by atoms with Crippen LogP contribution in [0.1, 0.15) is 34.7 Å². The van der Waals surface area contributed by atoms with Crippen molar-refractivity contribution in [2.45, 2.75) is 70.7 Å². The lowest BCUT2D eigenvalue weighted by Gasteiger charge is -2.45. The van der Waals surface area contributed by atoms with E-state index in [1.54, 1.807) is 0 Å². The van der Waals surface area contributed by atoms with Gasteiger partial charge in [0.05, 0.1) is 39.1 Å². The molecule has 1 saturated heterocycles. The molecule has 0 amide bonds. The summed E-state index contributed by atoms with van der Waals surface area (Å²) in [5.41, 5.74) is 5.14. The summed E-state index contributed by atoms with van der Waals surface area (Å²) in [7, 11) is -1.87. The molecule has 0 aromatic heterocycles. The molecule has 5 atom stereocenters. The molecule has 0 aliphatic carbocycles. The first-order valence-electron chi connectivity index (χ1n) is 16.6. The minimum Gasteiger partial charge on any atom is -0.368 e. The van der Waals surface area contributed by atoms with E-state index < -0.39 is 39.3 Å². The molecule has 254 valence electrons. The van der Waals surface area contributed by atoms with Crippen LogP contribution in [0.5, 0.6) is 0 Å². The van der Waals surface area contributed by atoms with Gasteiger partial charge in [-0.05, 0) is 34.7 Å². The molecule has 1 fully saturated rings. The molecule has 49 heavy (non-hydrogen) atoms. The van der Waals surface area contributed by atoms with Gasteiger partial charge >= 0.3 is 8.60 Å². The van der Waals surface area contributed by atoms with Gasteiger partial charge in [-0.15, -0.1) is 0 Å². The fourth-order valence-electron chi connectivity index (χ4n) is 5.54. The van der Waals surface area contributed by atoms with Crippen molar-refractivity contribution in [2.75, 3.05) is 0 Å². The Kier molecular flexibility index (Phi) is 13.5. The number of ether oxygens (including phenoxy) is 4. The van der Waals surface area contributed by atoms with Gasteiger partial charge in [0.15, 0.2) is 6.29 Å². The van der Waals surface area contributed by atoms with Crippen LogP contribution in [-0.4, -0.2) is 30.7 Å². The molecular weight excluding hydrogens is 635 g/mol. The van der Waals surface area contributed by atoms with Crippen LogP contribution in [0.15, 0.2) is 152 Å². The standard InChI is InChI=1S/C41H43O7P/c1-32-38(42-27-33-17-7-2-8-18-33)39(43-28-34-19-9-3-10-20-34)40(44-29-35-21-11-4-12-22-35)41(47-32)48-49(45-30-36-23-13-5-14-24-36)46-31-37-25-15-6-16-26-37/h2-26,32,38-41H,27-31H2,1H3/t32-,38+,39+,40-,41?/m0/s1. The monoisotopic (exact) mass is 678 g/mol. The summed E-state index contributed by atoms with van der Waals surface area (Å²) >= 11 is 0. The summed E-state index contributed by atoms with van der Waals surface area (Å²) in [5, 5.41) is 0. The molecule has 0 N–H and O–H groups in total. The summed E-state index contributed by atoms with van der Waals surface area (Å²) in [6, 6.07) is 50.2. The van der Waals surface area contributed by atoms with Gasteiger partial charge in [-0.3, -0.25) is 4.52 Å². The van der Waals surface area contributed by atoms with Gasteiger partial charge in [0.1, 0.15) is 18.3 Å². The highest BCUT2D eigenvalue weighted by Crippen LogP contribution is 2.46. The first-order valence-corrected chi connectivity index (χ1v) is 17.7. The Hall–Kier alpha value is -3.75. The van der Waals surface area contributed by atoms with E-state index in [2.05, 4.69) is 0 Å². The predicted molar refractivity (Wildman–Crippen MR) is 190 cm³/mol. The Morgan fingerprint density at radius 3 is 1.14 bits per heavy atom. The lowest BCUT2D eigenvalue weighted by atomic mass is 9.98. The summed E-state index contributed by atoms with van der Waals surface area (Å²) in [4.78, 5) is 0. The van der Waals surface area contributed by atoms with E-state index in [0.29, 0.717) is 33.0 Å². The zero-order valence-corrected chi connectivity index (χ0v) is 28.6. The van der Waals surface area contributed by atoms with Crippen molar-refractivity contribution in [3.63, 3.8) is 0 Å². The molecule has 0 bridgehead atoms. The summed E-state index contributed by atoms with van der Waals surface area (Å²) in [6.07, 6.45) is -2.93. The van der Waals surface area contributed by atoms with Crippen LogP contribution in [0.2, 0.25) is 0 Å². The SMILES string of the molecule is C[C@@H]1OC(OP(OCc2ccccc2)OCc2ccccc2)[C@@H](OCc2ccccc2)[C@H](OCc2ccccc2)[C@@H]1OCc1ccccc1. The van der Waals surface area contributed by atoms with Gasteiger partial charge in [0.2, 0.25) is 0 Å². The van der Waals surface area contributed by atoms with Crippen LogP contribution in [0, 0.1) is 0 Å². The minimum atomic E-state index is -1.87. The topological polar surface area (TPSA) is 64.6 Å². The van der Waals surface area contributed by atoms with E-state index in [1.165, 1.54) is 0 Å². The van der Waals surface area contributed by atoms with Gasteiger partial charge in [-0.25, -0.2) is 0 Å². The van der Waals surface area contributed by atoms with Crippen molar-refractivity contribution in [2.24, 2.45) is 0 Å². The van der Waals surface area contributed by atoms with E-state index in [0.717, 1.165) is 27.8 Å². The zero-order valence-electron chi connectivity index (χ0n) is 27.7. The Morgan fingerprint density at radius 1 is 0.429 bits per heavy atom. The largest absolute Gasteiger partial charge is 0.368 e. The van der Waals surface area contributed by atoms with E-state index in [9.17, 15) is 0 Å². The maximum atomic E-state index is 6.73. The molecule has 1 aliphatic rings. The Labute approximate surface area is 290 Å². The third-order valence-electron chi connectivity index (χ3n) is 8.13. The summed E-state index contributed by atoms with van der Waals surface area (Å²) < 4.78 is 45.9. The van der Waals surface area contributed by atoms with Crippen molar-refractivity contribution >= 4 is 8.60 Å².